The van der Waals surface area contributed by atoms with E-state index in [-0.39, 0.29) is 6.04 Å². The van der Waals surface area contributed by atoms with E-state index in [4.69, 9.17) is 4.98 Å². The number of hydrogen-bond donors (Lipinski definition) is 1. The number of nitrogens with one attached hydrogen (secondary N) is 1. The maximum Gasteiger partial charge on any atom is 0.116 e. The smallest absolute Gasteiger partial charge is 0.116 e. The first-order valence-electron chi connectivity index (χ1n) is 7.22. The van der Waals surface area contributed by atoms with E-state index in [0.29, 0.717) is 0 Å². The van der Waals surface area contributed by atoms with Crippen LogP contribution in [-0.4, -0.2) is 16.5 Å². The molecule has 21 heavy (non-hydrogen) atoms. The van der Waals surface area contributed by atoms with Crippen LogP contribution in [0.1, 0.15) is 47.1 Å². The second-order valence-corrected chi connectivity index (χ2v) is 8.07. The Labute approximate surface area is 145 Å². The van der Waals surface area contributed by atoms with Crippen molar-refractivity contribution >= 4 is 43.2 Å². The maximum absolute atomic E-state index is 4.87. The lowest BCUT2D eigenvalue weighted by Gasteiger charge is -2.17. The number of hydrogen-bond acceptors (Lipinski definition) is 4. The van der Waals surface area contributed by atoms with Gasteiger partial charge in [-0.1, -0.05) is 6.92 Å². The molecule has 1 aliphatic rings. The van der Waals surface area contributed by atoms with Gasteiger partial charge >= 0.3 is 0 Å². The summed E-state index contributed by atoms with van der Waals surface area (Å²) >= 11 is 8.94. The lowest BCUT2D eigenvalue weighted by atomic mass is 10.2. The maximum atomic E-state index is 4.87. The Balaban J connectivity index is 1.96. The third-order valence-corrected chi connectivity index (χ3v) is 5.86. The van der Waals surface area contributed by atoms with E-state index >= 15 is 0 Å². The summed E-state index contributed by atoms with van der Waals surface area (Å²) in [4.78, 5) is 10.9. The molecule has 0 saturated carbocycles. The molecule has 2 aromatic rings. The molecule has 0 aromatic carbocycles. The van der Waals surface area contributed by atoms with E-state index in [2.05, 4.69) is 49.1 Å². The highest BCUT2D eigenvalue weighted by Crippen LogP contribution is 2.35. The quantitative estimate of drug-likeness (QED) is 0.750. The highest BCUT2D eigenvalue weighted by molar-refractivity contribution is 9.11. The molecule has 3 nitrogen and oxygen atoms in total. The summed E-state index contributed by atoms with van der Waals surface area (Å²) < 4.78 is 2.00. The van der Waals surface area contributed by atoms with Gasteiger partial charge < -0.3 is 5.32 Å². The van der Waals surface area contributed by atoms with Gasteiger partial charge in [0.1, 0.15) is 11.0 Å². The molecule has 1 atom stereocenters. The molecule has 6 heteroatoms. The largest absolute Gasteiger partial charge is 0.303 e. The Morgan fingerprint density at radius 2 is 2.24 bits per heavy atom. The highest BCUT2D eigenvalue weighted by atomic mass is 79.9. The van der Waals surface area contributed by atoms with Crippen LogP contribution in [0.5, 0.6) is 0 Å². The molecule has 112 valence electrons. The van der Waals surface area contributed by atoms with Gasteiger partial charge in [-0.3, -0.25) is 4.98 Å². The van der Waals surface area contributed by atoms with Crippen molar-refractivity contribution in [1.82, 2.24) is 15.3 Å². The van der Waals surface area contributed by atoms with Gasteiger partial charge in [0.2, 0.25) is 0 Å². The molecule has 1 unspecified atom stereocenters. The number of thiazole rings is 1. The predicted molar refractivity (Wildman–Crippen MR) is 93.9 cm³/mol. The molecule has 0 radical (unpaired) electrons. The number of fused-ring (bicyclic) bond motifs is 1. The zero-order valence-electron chi connectivity index (χ0n) is 11.8. The Bertz CT molecular complexity index is 620. The first-order chi connectivity index (χ1) is 10.2. The zero-order valence-corrected chi connectivity index (χ0v) is 15.8. The summed E-state index contributed by atoms with van der Waals surface area (Å²) in [7, 11) is 0. The van der Waals surface area contributed by atoms with Crippen molar-refractivity contribution in [2.75, 3.05) is 6.54 Å². The third-order valence-electron chi connectivity index (χ3n) is 3.57. The van der Waals surface area contributed by atoms with E-state index in [0.717, 1.165) is 39.0 Å². The van der Waals surface area contributed by atoms with E-state index < -0.39 is 0 Å². The van der Waals surface area contributed by atoms with Crippen molar-refractivity contribution in [2.24, 2.45) is 0 Å². The van der Waals surface area contributed by atoms with Crippen LogP contribution in [0.4, 0.5) is 0 Å². The zero-order chi connectivity index (χ0) is 14.8. The number of nitrogens with zero attached hydrogens (tertiary/aromatic N) is 2. The molecule has 1 aliphatic carbocycles. The van der Waals surface area contributed by atoms with Gasteiger partial charge in [0.05, 0.1) is 11.4 Å². The van der Waals surface area contributed by atoms with E-state index in [1.54, 1.807) is 0 Å². The van der Waals surface area contributed by atoms with Crippen LogP contribution in [0.2, 0.25) is 0 Å². The molecular formula is C15H17Br2N3S. The molecule has 2 heterocycles. The van der Waals surface area contributed by atoms with Crippen LogP contribution in [0.25, 0.3) is 0 Å². The van der Waals surface area contributed by atoms with Crippen LogP contribution < -0.4 is 5.32 Å². The highest BCUT2D eigenvalue weighted by Gasteiger charge is 2.25. The van der Waals surface area contributed by atoms with Gasteiger partial charge in [-0.05, 0) is 70.2 Å². The second kappa shape index (κ2) is 6.86. The lowest BCUT2D eigenvalue weighted by Crippen LogP contribution is -2.24. The van der Waals surface area contributed by atoms with Crippen LogP contribution in [0.3, 0.4) is 0 Å². The summed E-state index contributed by atoms with van der Waals surface area (Å²) in [6, 6.07) is 2.12. The van der Waals surface area contributed by atoms with Gasteiger partial charge in [0, 0.05) is 20.0 Å². The summed E-state index contributed by atoms with van der Waals surface area (Å²) in [6.45, 7) is 3.13. The van der Waals surface area contributed by atoms with Gasteiger partial charge in [-0.2, -0.15) is 0 Å². The topological polar surface area (TPSA) is 37.8 Å². The number of halogens is 2. The van der Waals surface area contributed by atoms with Crippen molar-refractivity contribution in [3.8, 4) is 0 Å². The summed E-state index contributed by atoms with van der Waals surface area (Å²) in [6.07, 6.45) is 6.50. The van der Waals surface area contributed by atoms with E-state index in [1.165, 1.54) is 23.4 Å². The fourth-order valence-electron chi connectivity index (χ4n) is 2.56. The first kappa shape index (κ1) is 15.6. The first-order valence-corrected chi connectivity index (χ1v) is 9.62. The average Bonchev–Trinajstić information content (AvgIpc) is 3.02. The minimum absolute atomic E-state index is 0.0722. The lowest BCUT2D eigenvalue weighted by molar-refractivity contribution is 0.580. The molecule has 3 rings (SSSR count). The van der Waals surface area contributed by atoms with Crippen LogP contribution >= 0.6 is 43.2 Å². The fraction of sp³-hybridized carbons (Fsp3) is 0.467. The number of aryl methyl sites for hydroxylation is 2. The molecule has 0 bridgehead atoms. The van der Waals surface area contributed by atoms with Crippen LogP contribution in [0, 0.1) is 0 Å². The minimum Gasteiger partial charge on any atom is -0.303 e. The molecule has 0 saturated heterocycles. The third kappa shape index (κ3) is 3.38. The minimum atomic E-state index is 0.0722. The molecule has 0 aliphatic heterocycles. The summed E-state index contributed by atoms with van der Waals surface area (Å²) in [5.74, 6) is 0. The molecular weight excluding hydrogens is 414 g/mol. The standard InChI is InChI=1S/C15H17Br2N3S/c1-2-6-18-14(13-10(17)7-9(16)8-19-13)15-20-11-4-3-5-12(11)21-15/h7-8,14,18H,2-6H2,1H3. The Morgan fingerprint density at radius 1 is 1.38 bits per heavy atom. The van der Waals surface area contributed by atoms with Gasteiger partial charge in [0.25, 0.3) is 0 Å². The van der Waals surface area contributed by atoms with Gasteiger partial charge in [-0.25, -0.2) is 4.98 Å². The van der Waals surface area contributed by atoms with Crippen LogP contribution in [0.15, 0.2) is 21.2 Å². The summed E-state index contributed by atoms with van der Waals surface area (Å²) in [5.41, 5.74) is 2.31. The van der Waals surface area contributed by atoms with E-state index in [1.807, 2.05) is 23.6 Å². The Kier molecular flexibility index (Phi) is 5.09. The molecule has 2 aromatic heterocycles. The van der Waals surface area contributed by atoms with Crippen LogP contribution in [-0.2, 0) is 12.8 Å². The van der Waals surface area contributed by atoms with Crippen molar-refractivity contribution in [3.05, 3.63) is 42.5 Å². The van der Waals surface area contributed by atoms with Crippen molar-refractivity contribution < 1.29 is 0 Å². The van der Waals surface area contributed by atoms with Crippen molar-refractivity contribution in [3.63, 3.8) is 0 Å². The fourth-order valence-corrected chi connectivity index (χ4v) is 5.01. The van der Waals surface area contributed by atoms with E-state index in [9.17, 15) is 0 Å². The second-order valence-electron chi connectivity index (χ2n) is 5.18. The Hall–Kier alpha value is -0.300. The van der Waals surface area contributed by atoms with Crippen molar-refractivity contribution in [1.29, 1.82) is 0 Å². The number of aromatic nitrogens is 2. The number of rotatable bonds is 5. The number of pyridine rings is 1. The molecule has 0 amide bonds. The summed E-state index contributed by atoms with van der Waals surface area (Å²) in [5, 5.41) is 4.73. The molecule has 0 spiro atoms. The van der Waals surface area contributed by atoms with Crippen molar-refractivity contribution in [2.45, 2.75) is 38.6 Å². The van der Waals surface area contributed by atoms with Gasteiger partial charge in [-0.15, -0.1) is 11.3 Å². The SMILES string of the molecule is CCCNC(c1nc2c(s1)CCC2)c1ncc(Br)cc1Br. The van der Waals surface area contributed by atoms with Gasteiger partial charge in [0.15, 0.2) is 0 Å². The monoisotopic (exact) mass is 429 g/mol. The molecule has 1 N–H and O–H groups in total. The Morgan fingerprint density at radius 3 is 2.95 bits per heavy atom. The average molecular weight is 431 g/mol. The normalized spacial score (nSPS) is 15.2. The predicted octanol–water partition coefficient (Wildman–Crippen LogP) is 4.64. The molecule has 0 fully saturated rings.